The van der Waals surface area contributed by atoms with Gasteiger partial charge in [-0.2, -0.15) is 0 Å². The van der Waals surface area contributed by atoms with Crippen LogP contribution in [0.25, 0.3) is 11.3 Å². The van der Waals surface area contributed by atoms with Gasteiger partial charge >= 0.3 is 6.09 Å². The van der Waals surface area contributed by atoms with Crippen molar-refractivity contribution in [3.8, 4) is 11.3 Å². The normalized spacial score (nSPS) is 12.1. The minimum absolute atomic E-state index is 0.258. The van der Waals surface area contributed by atoms with E-state index < -0.39 is 17.7 Å². The van der Waals surface area contributed by atoms with Gasteiger partial charge in [0, 0.05) is 23.2 Å². The summed E-state index contributed by atoms with van der Waals surface area (Å²) in [6, 6.07) is 16.1. The number of nitrogens with two attached hydrogens (primary N) is 1. The number of anilines is 2. The summed E-state index contributed by atoms with van der Waals surface area (Å²) in [5.74, 6) is -0.308. The van der Waals surface area contributed by atoms with Crippen LogP contribution in [0.3, 0.4) is 0 Å². The number of nitrogens with zero attached hydrogens (tertiary/aromatic N) is 2. The number of amides is 2. The lowest BCUT2D eigenvalue weighted by Crippen LogP contribution is -2.47. The zero-order chi connectivity index (χ0) is 23.3. The van der Waals surface area contributed by atoms with E-state index in [4.69, 9.17) is 10.5 Å². The number of rotatable bonds is 6. The maximum Gasteiger partial charge on any atom is 0.411 e. The first-order chi connectivity index (χ1) is 15.1. The Bertz CT molecular complexity index is 1060. The Balaban J connectivity index is 1.73. The molecule has 168 valence electrons. The minimum atomic E-state index is -0.747. The number of ether oxygens (including phenoxy) is 1. The van der Waals surface area contributed by atoms with Gasteiger partial charge in [0.2, 0.25) is 5.91 Å². The summed E-state index contributed by atoms with van der Waals surface area (Å²) in [7, 11) is 0. The average molecular weight is 453 g/mol. The largest absolute Gasteiger partial charge is 0.444 e. The van der Waals surface area contributed by atoms with Gasteiger partial charge in [-0.1, -0.05) is 42.5 Å². The van der Waals surface area contributed by atoms with Gasteiger partial charge in [0.05, 0.1) is 5.69 Å². The minimum Gasteiger partial charge on any atom is -0.444 e. The van der Waals surface area contributed by atoms with Crippen LogP contribution in [0.4, 0.5) is 15.6 Å². The number of thiazole rings is 1. The van der Waals surface area contributed by atoms with Crippen LogP contribution < -0.4 is 11.1 Å². The van der Waals surface area contributed by atoms with Gasteiger partial charge in [-0.25, -0.2) is 9.78 Å². The van der Waals surface area contributed by atoms with E-state index in [-0.39, 0.29) is 12.5 Å². The van der Waals surface area contributed by atoms with Crippen LogP contribution in [-0.2, 0) is 16.1 Å². The van der Waals surface area contributed by atoms with Crippen molar-refractivity contribution in [1.82, 2.24) is 9.88 Å². The maximum absolute atomic E-state index is 13.0. The lowest BCUT2D eigenvalue weighted by Gasteiger charge is -2.31. The monoisotopic (exact) mass is 452 g/mol. The molecule has 7 nitrogen and oxygen atoms in total. The Hall–Kier alpha value is -3.39. The number of benzene rings is 2. The molecule has 3 aromatic rings. The molecule has 0 aliphatic heterocycles. The molecule has 0 radical (unpaired) electrons. The molecule has 1 heterocycles. The van der Waals surface area contributed by atoms with Crippen LogP contribution in [0.5, 0.6) is 0 Å². The zero-order valence-corrected chi connectivity index (χ0v) is 19.5. The van der Waals surface area contributed by atoms with Crippen molar-refractivity contribution in [2.24, 2.45) is 0 Å². The molecule has 2 aromatic carbocycles. The summed E-state index contributed by atoms with van der Waals surface area (Å²) in [5, 5.41) is 5.27. The van der Waals surface area contributed by atoms with Gasteiger partial charge in [0.15, 0.2) is 5.13 Å². The highest BCUT2D eigenvalue weighted by atomic mass is 32.1. The van der Waals surface area contributed by atoms with Crippen LogP contribution in [0.1, 0.15) is 33.3 Å². The van der Waals surface area contributed by atoms with Crippen LogP contribution in [0.2, 0.25) is 0 Å². The molecule has 2 amide bonds. The van der Waals surface area contributed by atoms with Gasteiger partial charge in [-0.15, -0.1) is 11.3 Å². The highest BCUT2D eigenvalue weighted by Crippen LogP contribution is 2.24. The Labute approximate surface area is 192 Å². The summed E-state index contributed by atoms with van der Waals surface area (Å²) in [5.41, 5.74) is 8.26. The molecular formula is C24H28N4O3S. The van der Waals surface area contributed by atoms with Gasteiger partial charge in [0.25, 0.3) is 0 Å². The van der Waals surface area contributed by atoms with Crippen molar-refractivity contribution in [2.45, 2.75) is 45.9 Å². The standard InChI is InChI=1S/C24H28N4O3S/c1-16(28(23(30)31-24(2,3)4)14-17-8-6-5-7-9-17)21(29)26-19-12-10-18(11-13-19)20-15-32-22(25)27-20/h5-13,15-16H,14H2,1-4H3,(H2,25,27)(H,26,29)/t16-/m0/s1. The Morgan fingerprint density at radius 2 is 1.78 bits per heavy atom. The van der Waals surface area contributed by atoms with Crippen molar-refractivity contribution in [1.29, 1.82) is 0 Å². The molecule has 3 rings (SSSR count). The van der Waals surface area contributed by atoms with Crippen molar-refractivity contribution in [2.75, 3.05) is 11.1 Å². The van der Waals surface area contributed by atoms with Gasteiger partial charge in [0.1, 0.15) is 11.6 Å². The van der Waals surface area contributed by atoms with E-state index in [0.29, 0.717) is 10.8 Å². The molecule has 8 heteroatoms. The predicted molar refractivity (Wildman–Crippen MR) is 128 cm³/mol. The molecule has 32 heavy (non-hydrogen) atoms. The number of hydrogen-bond donors (Lipinski definition) is 2. The summed E-state index contributed by atoms with van der Waals surface area (Å²) in [6.07, 6.45) is -0.541. The molecule has 0 bridgehead atoms. The van der Waals surface area contributed by atoms with Gasteiger partial charge in [-0.3, -0.25) is 9.69 Å². The molecule has 0 saturated heterocycles. The number of hydrogen-bond acceptors (Lipinski definition) is 6. The molecular weight excluding hydrogens is 424 g/mol. The fraction of sp³-hybridized carbons (Fsp3) is 0.292. The average Bonchev–Trinajstić information content (AvgIpc) is 3.18. The molecule has 0 unspecified atom stereocenters. The Morgan fingerprint density at radius 1 is 1.12 bits per heavy atom. The first-order valence-electron chi connectivity index (χ1n) is 10.3. The van der Waals surface area contributed by atoms with E-state index in [1.165, 1.54) is 16.2 Å². The molecule has 0 fully saturated rings. The van der Waals surface area contributed by atoms with Crippen LogP contribution >= 0.6 is 11.3 Å². The van der Waals surface area contributed by atoms with Gasteiger partial charge < -0.3 is 15.8 Å². The molecule has 0 aliphatic carbocycles. The number of nitrogens with one attached hydrogen (secondary N) is 1. The molecule has 1 atom stereocenters. The summed E-state index contributed by atoms with van der Waals surface area (Å²) in [6.45, 7) is 7.35. The van der Waals surface area contributed by atoms with Crippen molar-refractivity contribution >= 4 is 34.2 Å². The van der Waals surface area contributed by atoms with E-state index >= 15 is 0 Å². The van der Waals surface area contributed by atoms with E-state index in [1.54, 1.807) is 39.8 Å². The summed E-state index contributed by atoms with van der Waals surface area (Å²) in [4.78, 5) is 31.6. The second kappa shape index (κ2) is 9.82. The molecule has 0 aliphatic rings. The van der Waals surface area contributed by atoms with E-state index in [0.717, 1.165) is 16.8 Å². The van der Waals surface area contributed by atoms with Crippen molar-refractivity contribution in [3.63, 3.8) is 0 Å². The second-order valence-electron chi connectivity index (χ2n) is 8.41. The highest BCUT2D eigenvalue weighted by molar-refractivity contribution is 7.13. The first kappa shape index (κ1) is 23.3. The van der Waals surface area contributed by atoms with Crippen LogP contribution in [-0.4, -0.2) is 33.5 Å². The zero-order valence-electron chi connectivity index (χ0n) is 18.7. The van der Waals surface area contributed by atoms with Gasteiger partial charge in [-0.05, 0) is 45.4 Å². The second-order valence-corrected chi connectivity index (χ2v) is 9.30. The number of aromatic nitrogens is 1. The van der Waals surface area contributed by atoms with Crippen LogP contribution in [0, 0.1) is 0 Å². The lowest BCUT2D eigenvalue weighted by atomic mass is 10.1. The third kappa shape index (κ3) is 6.31. The quantitative estimate of drug-likeness (QED) is 0.539. The molecule has 1 aromatic heterocycles. The number of carbonyl (C=O) groups is 2. The summed E-state index contributed by atoms with van der Waals surface area (Å²) < 4.78 is 5.55. The third-order valence-electron chi connectivity index (χ3n) is 4.64. The fourth-order valence-corrected chi connectivity index (χ4v) is 3.57. The molecule has 0 saturated carbocycles. The molecule has 0 spiro atoms. The highest BCUT2D eigenvalue weighted by Gasteiger charge is 2.30. The SMILES string of the molecule is C[C@@H](C(=O)Nc1ccc(-c2csc(N)n2)cc1)N(Cc1ccccc1)C(=O)OC(C)(C)C. The number of carbonyl (C=O) groups excluding carboxylic acids is 2. The van der Waals surface area contributed by atoms with E-state index in [2.05, 4.69) is 10.3 Å². The Kier molecular flexibility index (Phi) is 7.15. The van der Waals surface area contributed by atoms with Crippen molar-refractivity contribution < 1.29 is 14.3 Å². The van der Waals surface area contributed by atoms with E-state index in [1.807, 2.05) is 47.8 Å². The van der Waals surface area contributed by atoms with E-state index in [9.17, 15) is 9.59 Å². The number of nitrogen functional groups attached to an aromatic ring is 1. The summed E-state index contributed by atoms with van der Waals surface area (Å²) >= 11 is 1.38. The molecule has 3 N–H and O–H groups in total. The Morgan fingerprint density at radius 3 is 2.34 bits per heavy atom. The fourth-order valence-electron chi connectivity index (χ4n) is 2.99. The maximum atomic E-state index is 13.0. The lowest BCUT2D eigenvalue weighted by molar-refractivity contribution is -0.121. The third-order valence-corrected chi connectivity index (χ3v) is 5.31. The topological polar surface area (TPSA) is 97.5 Å². The van der Waals surface area contributed by atoms with Crippen molar-refractivity contribution in [3.05, 3.63) is 65.5 Å². The predicted octanol–water partition coefficient (Wildman–Crippen LogP) is 5.16. The smallest absolute Gasteiger partial charge is 0.411 e. The van der Waals surface area contributed by atoms with Crippen LogP contribution in [0.15, 0.2) is 60.0 Å². The first-order valence-corrected chi connectivity index (χ1v) is 11.2.